The van der Waals surface area contributed by atoms with Crippen molar-refractivity contribution in [2.24, 2.45) is 10.8 Å². The first-order valence-electron chi connectivity index (χ1n) is 3.99. The molecule has 0 radical (unpaired) electrons. The van der Waals surface area contributed by atoms with Gasteiger partial charge in [-0.3, -0.25) is 5.43 Å². The molecular weight excluding hydrogens is 184 g/mol. The quantitative estimate of drug-likeness (QED) is 0.383. The Labute approximate surface area is 82.2 Å². The average Bonchev–Trinajstić information content (AvgIpc) is 2.58. The van der Waals surface area contributed by atoms with E-state index < -0.39 is 0 Å². The Morgan fingerprint density at radius 1 is 1.77 bits per heavy atom. The Kier molecular flexibility index (Phi) is 3.45. The zero-order valence-corrected chi connectivity index (χ0v) is 8.19. The third-order valence-electron chi connectivity index (χ3n) is 1.54. The first kappa shape index (κ1) is 9.73. The number of hydrogen-bond donors (Lipinski definition) is 3. The smallest absolute Gasteiger partial charge is 0.184 e. The molecule has 0 aliphatic carbocycles. The van der Waals surface area contributed by atoms with Crippen molar-refractivity contribution in [3.63, 3.8) is 0 Å². The van der Waals surface area contributed by atoms with Gasteiger partial charge in [0.15, 0.2) is 5.11 Å². The van der Waals surface area contributed by atoms with Gasteiger partial charge in [-0.2, -0.15) is 5.10 Å². The molecule has 13 heavy (non-hydrogen) atoms. The molecule has 0 amide bonds. The topological polar surface area (TPSA) is 66.2 Å². The number of hydrogen-bond acceptors (Lipinski definition) is 2. The van der Waals surface area contributed by atoms with Crippen molar-refractivity contribution >= 4 is 23.0 Å². The zero-order valence-electron chi connectivity index (χ0n) is 7.37. The van der Waals surface area contributed by atoms with E-state index in [1.807, 2.05) is 25.3 Å². The Bertz CT molecular complexity index is 302. The maximum Gasteiger partial charge on any atom is 0.184 e. The van der Waals surface area contributed by atoms with Gasteiger partial charge in [-0.15, -0.1) is 0 Å². The minimum atomic E-state index is 0.178. The molecule has 0 spiro atoms. The first-order chi connectivity index (χ1) is 6.24. The van der Waals surface area contributed by atoms with E-state index in [0.29, 0.717) is 0 Å². The fraction of sp³-hybridized carbons (Fsp3) is 0.250. The molecule has 0 aromatic carbocycles. The van der Waals surface area contributed by atoms with Crippen LogP contribution in [0.1, 0.15) is 19.0 Å². The molecule has 1 rings (SSSR count). The normalized spacial score (nSPS) is 11.3. The van der Waals surface area contributed by atoms with Crippen LogP contribution in [0.5, 0.6) is 0 Å². The lowest BCUT2D eigenvalue weighted by atomic mass is 10.2. The number of H-pyrrole nitrogens is 1. The minimum absolute atomic E-state index is 0.178. The van der Waals surface area contributed by atoms with E-state index in [1.54, 1.807) is 0 Å². The summed E-state index contributed by atoms with van der Waals surface area (Å²) in [4.78, 5) is 3.06. The fourth-order valence-corrected chi connectivity index (χ4v) is 1.01. The van der Waals surface area contributed by atoms with Crippen molar-refractivity contribution in [3.05, 3.63) is 24.0 Å². The maximum absolute atomic E-state index is 5.25. The van der Waals surface area contributed by atoms with E-state index in [-0.39, 0.29) is 5.11 Å². The molecule has 1 heterocycles. The standard InChI is InChI=1S/C8H12N4S/c1-2-6(11-12-8(9)13)7-4-3-5-10-7/h3-5,10H,2H2,1H3,(H3,9,12,13). The summed E-state index contributed by atoms with van der Waals surface area (Å²) in [7, 11) is 0. The molecule has 0 atom stereocenters. The van der Waals surface area contributed by atoms with Gasteiger partial charge in [-0.25, -0.2) is 0 Å². The number of nitrogens with zero attached hydrogens (tertiary/aromatic N) is 1. The molecule has 4 N–H and O–H groups in total. The van der Waals surface area contributed by atoms with Gasteiger partial charge in [-0.1, -0.05) is 6.92 Å². The third-order valence-corrected chi connectivity index (χ3v) is 1.64. The molecule has 0 fully saturated rings. The average molecular weight is 196 g/mol. The molecule has 0 aliphatic heterocycles. The molecule has 1 aromatic rings. The van der Waals surface area contributed by atoms with Gasteiger partial charge in [0.25, 0.3) is 0 Å². The molecular formula is C8H12N4S. The summed E-state index contributed by atoms with van der Waals surface area (Å²) in [6, 6.07) is 3.87. The van der Waals surface area contributed by atoms with Gasteiger partial charge in [0, 0.05) is 6.20 Å². The predicted octanol–water partition coefficient (Wildman–Crippen LogP) is 0.962. The molecule has 1 aromatic heterocycles. The summed E-state index contributed by atoms with van der Waals surface area (Å²) in [5, 5.41) is 4.23. The number of nitrogens with two attached hydrogens (primary N) is 1. The van der Waals surface area contributed by atoms with Crippen LogP contribution in [0.2, 0.25) is 0 Å². The number of aromatic amines is 1. The van der Waals surface area contributed by atoms with Crippen molar-refractivity contribution in [3.8, 4) is 0 Å². The highest BCUT2D eigenvalue weighted by Crippen LogP contribution is 2.00. The molecule has 0 aliphatic rings. The summed E-state index contributed by atoms with van der Waals surface area (Å²) < 4.78 is 0. The summed E-state index contributed by atoms with van der Waals surface area (Å²) >= 11 is 4.64. The molecule has 0 unspecified atom stereocenters. The Hall–Kier alpha value is -1.36. The number of rotatable bonds is 3. The summed E-state index contributed by atoms with van der Waals surface area (Å²) in [5.74, 6) is 0. The highest BCUT2D eigenvalue weighted by molar-refractivity contribution is 7.80. The lowest BCUT2D eigenvalue weighted by molar-refractivity contribution is 1.01. The molecule has 5 heteroatoms. The molecule has 0 bridgehead atoms. The molecule has 0 saturated heterocycles. The highest BCUT2D eigenvalue weighted by Gasteiger charge is 2.00. The Balaban J connectivity index is 2.73. The second-order valence-electron chi connectivity index (χ2n) is 2.47. The van der Waals surface area contributed by atoms with Gasteiger partial charge in [0.05, 0.1) is 11.4 Å². The predicted molar refractivity (Wildman–Crippen MR) is 57.5 cm³/mol. The molecule has 0 saturated carbocycles. The van der Waals surface area contributed by atoms with Gasteiger partial charge in [-0.05, 0) is 30.8 Å². The summed E-state index contributed by atoms with van der Waals surface area (Å²) in [6.07, 6.45) is 2.66. The number of thiocarbonyl (C=S) groups is 1. The zero-order chi connectivity index (χ0) is 9.68. The van der Waals surface area contributed by atoms with E-state index in [0.717, 1.165) is 17.8 Å². The lowest BCUT2D eigenvalue weighted by Crippen LogP contribution is -2.25. The van der Waals surface area contributed by atoms with Crippen LogP contribution in [-0.2, 0) is 0 Å². The molecule has 4 nitrogen and oxygen atoms in total. The number of nitrogens with one attached hydrogen (secondary N) is 2. The van der Waals surface area contributed by atoms with Gasteiger partial charge in [0.1, 0.15) is 0 Å². The van der Waals surface area contributed by atoms with Crippen LogP contribution in [-0.4, -0.2) is 15.8 Å². The van der Waals surface area contributed by atoms with E-state index in [9.17, 15) is 0 Å². The first-order valence-corrected chi connectivity index (χ1v) is 4.40. The van der Waals surface area contributed by atoms with Crippen LogP contribution < -0.4 is 11.2 Å². The second-order valence-corrected chi connectivity index (χ2v) is 2.91. The van der Waals surface area contributed by atoms with E-state index >= 15 is 0 Å². The number of aromatic nitrogens is 1. The second kappa shape index (κ2) is 4.61. The van der Waals surface area contributed by atoms with Crippen molar-refractivity contribution in [2.75, 3.05) is 0 Å². The Morgan fingerprint density at radius 2 is 2.54 bits per heavy atom. The van der Waals surface area contributed by atoms with Crippen LogP contribution in [0.4, 0.5) is 0 Å². The van der Waals surface area contributed by atoms with Crippen LogP contribution in [0.25, 0.3) is 0 Å². The monoisotopic (exact) mass is 196 g/mol. The largest absolute Gasteiger partial charge is 0.375 e. The van der Waals surface area contributed by atoms with E-state index in [4.69, 9.17) is 5.73 Å². The van der Waals surface area contributed by atoms with Crippen molar-refractivity contribution in [2.45, 2.75) is 13.3 Å². The van der Waals surface area contributed by atoms with Crippen LogP contribution >= 0.6 is 12.2 Å². The van der Waals surface area contributed by atoms with Crippen molar-refractivity contribution < 1.29 is 0 Å². The van der Waals surface area contributed by atoms with E-state index in [2.05, 4.69) is 27.7 Å². The van der Waals surface area contributed by atoms with Crippen molar-refractivity contribution in [1.29, 1.82) is 0 Å². The maximum atomic E-state index is 5.25. The highest BCUT2D eigenvalue weighted by atomic mass is 32.1. The lowest BCUT2D eigenvalue weighted by Gasteiger charge is -2.01. The SMILES string of the molecule is CCC(=NNC(N)=S)c1ccc[nH]1. The van der Waals surface area contributed by atoms with Gasteiger partial charge in [0.2, 0.25) is 0 Å². The van der Waals surface area contributed by atoms with Crippen LogP contribution in [0.3, 0.4) is 0 Å². The summed E-state index contributed by atoms with van der Waals surface area (Å²) in [5.41, 5.74) is 9.69. The number of hydrazone groups is 1. The fourth-order valence-electron chi connectivity index (χ4n) is 0.962. The summed E-state index contributed by atoms with van der Waals surface area (Å²) in [6.45, 7) is 2.01. The van der Waals surface area contributed by atoms with Crippen molar-refractivity contribution in [1.82, 2.24) is 10.4 Å². The molecule has 70 valence electrons. The van der Waals surface area contributed by atoms with Gasteiger partial charge >= 0.3 is 0 Å². The third kappa shape index (κ3) is 2.87. The van der Waals surface area contributed by atoms with Crippen LogP contribution in [0, 0.1) is 0 Å². The van der Waals surface area contributed by atoms with Gasteiger partial charge < -0.3 is 10.7 Å². The van der Waals surface area contributed by atoms with Crippen LogP contribution in [0.15, 0.2) is 23.4 Å². The Morgan fingerprint density at radius 3 is 3.00 bits per heavy atom. The van der Waals surface area contributed by atoms with E-state index in [1.165, 1.54) is 0 Å². The minimum Gasteiger partial charge on any atom is -0.375 e.